The average molecular weight is 426 g/mol. The zero-order valence-electron chi connectivity index (χ0n) is 19.6. The standard InChI is InChI=1S/C25H47NO4/c1-3-5-6-7-8-9-10-11-12-13-14-15-16-17-18-19-24(28)26(21-4-2)23(20-22-27)25(29)30/h11-12,23,27H,3-10,13-22H2,1-2H3,(H,29,30)/b12-11-/t23-/m0/s1. The lowest BCUT2D eigenvalue weighted by molar-refractivity contribution is -0.151. The van der Waals surface area contributed by atoms with Crippen molar-refractivity contribution in [2.45, 2.75) is 123 Å². The number of aliphatic hydroxyl groups is 1. The first kappa shape index (κ1) is 28.6. The monoisotopic (exact) mass is 425 g/mol. The number of nitrogens with zero attached hydrogens (tertiary/aromatic N) is 1. The second-order valence-electron chi connectivity index (χ2n) is 8.29. The fourth-order valence-electron chi connectivity index (χ4n) is 3.72. The molecule has 0 unspecified atom stereocenters. The molecule has 5 nitrogen and oxygen atoms in total. The normalized spacial score (nSPS) is 12.4. The average Bonchev–Trinajstić information content (AvgIpc) is 2.73. The Bertz CT molecular complexity index is 450. The molecule has 0 aliphatic heterocycles. The zero-order valence-corrected chi connectivity index (χ0v) is 19.6. The Morgan fingerprint density at radius 1 is 0.800 bits per heavy atom. The predicted octanol–water partition coefficient (Wildman–Crippen LogP) is 6.10. The van der Waals surface area contributed by atoms with Crippen molar-refractivity contribution in [3.8, 4) is 0 Å². The summed E-state index contributed by atoms with van der Waals surface area (Å²) in [6.07, 6.45) is 21.6. The number of unbranched alkanes of at least 4 members (excludes halogenated alkanes) is 11. The van der Waals surface area contributed by atoms with Gasteiger partial charge in [-0.3, -0.25) is 4.79 Å². The van der Waals surface area contributed by atoms with Gasteiger partial charge in [0.1, 0.15) is 6.04 Å². The van der Waals surface area contributed by atoms with Gasteiger partial charge in [0.15, 0.2) is 0 Å². The third-order valence-corrected chi connectivity index (χ3v) is 5.50. The minimum atomic E-state index is -1.03. The van der Waals surface area contributed by atoms with Crippen LogP contribution in [-0.2, 0) is 9.59 Å². The number of hydrogen-bond donors (Lipinski definition) is 2. The molecular formula is C25H47NO4. The van der Waals surface area contributed by atoms with E-state index < -0.39 is 12.0 Å². The van der Waals surface area contributed by atoms with Crippen LogP contribution in [0.3, 0.4) is 0 Å². The van der Waals surface area contributed by atoms with Crippen molar-refractivity contribution < 1.29 is 19.8 Å². The summed E-state index contributed by atoms with van der Waals surface area (Å²) in [4.78, 5) is 25.3. The quantitative estimate of drug-likeness (QED) is 0.172. The van der Waals surface area contributed by atoms with Gasteiger partial charge in [-0.1, -0.05) is 77.4 Å². The molecule has 0 aromatic rings. The molecule has 2 N–H and O–H groups in total. The van der Waals surface area contributed by atoms with Crippen molar-refractivity contribution in [2.24, 2.45) is 0 Å². The lowest BCUT2D eigenvalue weighted by Gasteiger charge is -2.28. The van der Waals surface area contributed by atoms with E-state index in [4.69, 9.17) is 5.11 Å². The summed E-state index contributed by atoms with van der Waals surface area (Å²) < 4.78 is 0. The Morgan fingerprint density at radius 2 is 1.33 bits per heavy atom. The molecule has 1 atom stereocenters. The number of amides is 1. The van der Waals surface area contributed by atoms with E-state index in [9.17, 15) is 14.7 Å². The van der Waals surface area contributed by atoms with Crippen LogP contribution in [0.15, 0.2) is 12.2 Å². The van der Waals surface area contributed by atoms with Crippen molar-refractivity contribution in [1.82, 2.24) is 4.90 Å². The van der Waals surface area contributed by atoms with E-state index in [-0.39, 0.29) is 18.9 Å². The third kappa shape index (κ3) is 15.5. The van der Waals surface area contributed by atoms with E-state index in [0.29, 0.717) is 19.4 Å². The summed E-state index contributed by atoms with van der Waals surface area (Å²) in [6, 6.07) is -0.912. The second-order valence-corrected chi connectivity index (χ2v) is 8.29. The highest BCUT2D eigenvalue weighted by Gasteiger charge is 2.27. The smallest absolute Gasteiger partial charge is 0.326 e. The highest BCUT2D eigenvalue weighted by atomic mass is 16.4. The number of aliphatic carboxylic acids is 1. The summed E-state index contributed by atoms with van der Waals surface area (Å²) in [5.41, 5.74) is 0. The summed E-state index contributed by atoms with van der Waals surface area (Å²) in [5.74, 6) is -1.13. The molecule has 0 saturated heterocycles. The lowest BCUT2D eigenvalue weighted by Crippen LogP contribution is -2.46. The Balaban J connectivity index is 3.79. The van der Waals surface area contributed by atoms with Crippen LogP contribution in [0.25, 0.3) is 0 Å². The van der Waals surface area contributed by atoms with Gasteiger partial charge >= 0.3 is 5.97 Å². The number of allylic oxidation sites excluding steroid dienone is 2. The molecule has 0 spiro atoms. The zero-order chi connectivity index (χ0) is 22.5. The van der Waals surface area contributed by atoms with Gasteiger partial charge in [-0.05, 0) is 38.5 Å². The van der Waals surface area contributed by atoms with E-state index in [1.54, 1.807) is 0 Å². The van der Waals surface area contributed by atoms with E-state index in [1.807, 2.05) is 6.92 Å². The van der Waals surface area contributed by atoms with Crippen molar-refractivity contribution in [3.63, 3.8) is 0 Å². The molecule has 0 bridgehead atoms. The van der Waals surface area contributed by atoms with Crippen molar-refractivity contribution in [1.29, 1.82) is 0 Å². The van der Waals surface area contributed by atoms with Crippen LogP contribution in [0.1, 0.15) is 117 Å². The molecular weight excluding hydrogens is 378 g/mol. The molecule has 30 heavy (non-hydrogen) atoms. The fraction of sp³-hybridized carbons (Fsp3) is 0.840. The molecule has 0 heterocycles. The maximum absolute atomic E-state index is 12.5. The van der Waals surface area contributed by atoms with Crippen LogP contribution in [0, 0.1) is 0 Å². The number of carboxylic acid groups (broad SMARTS) is 1. The molecule has 0 saturated carbocycles. The Hall–Kier alpha value is -1.36. The van der Waals surface area contributed by atoms with E-state index in [1.165, 1.54) is 62.7 Å². The van der Waals surface area contributed by atoms with Crippen molar-refractivity contribution >= 4 is 11.9 Å². The number of carboxylic acids is 1. The van der Waals surface area contributed by atoms with Crippen molar-refractivity contribution in [2.75, 3.05) is 13.2 Å². The van der Waals surface area contributed by atoms with E-state index in [0.717, 1.165) is 25.7 Å². The summed E-state index contributed by atoms with van der Waals surface area (Å²) in [6.45, 7) is 4.39. The van der Waals surface area contributed by atoms with Crippen LogP contribution >= 0.6 is 0 Å². The molecule has 0 aliphatic rings. The number of rotatable bonds is 21. The highest BCUT2D eigenvalue weighted by molar-refractivity contribution is 5.83. The van der Waals surface area contributed by atoms with Crippen LogP contribution in [0.5, 0.6) is 0 Å². The highest BCUT2D eigenvalue weighted by Crippen LogP contribution is 2.13. The first-order chi connectivity index (χ1) is 14.6. The molecule has 0 fully saturated rings. The van der Waals surface area contributed by atoms with Crippen LogP contribution in [0.4, 0.5) is 0 Å². The minimum absolute atomic E-state index is 0.0907. The Morgan fingerprint density at radius 3 is 1.83 bits per heavy atom. The summed E-state index contributed by atoms with van der Waals surface area (Å²) in [7, 11) is 0. The maximum atomic E-state index is 12.5. The van der Waals surface area contributed by atoms with Crippen molar-refractivity contribution in [3.05, 3.63) is 12.2 Å². The van der Waals surface area contributed by atoms with Gasteiger partial charge in [0.05, 0.1) is 0 Å². The van der Waals surface area contributed by atoms with Gasteiger partial charge in [-0.25, -0.2) is 4.79 Å². The molecule has 0 aromatic heterocycles. The molecule has 176 valence electrons. The number of carbonyl (C=O) groups is 2. The van der Waals surface area contributed by atoms with Crippen LogP contribution in [-0.4, -0.2) is 46.2 Å². The Kier molecular flexibility index (Phi) is 19.9. The first-order valence-electron chi connectivity index (χ1n) is 12.4. The molecule has 0 rings (SSSR count). The van der Waals surface area contributed by atoms with Gasteiger partial charge < -0.3 is 15.1 Å². The lowest BCUT2D eigenvalue weighted by atomic mass is 10.1. The molecule has 1 amide bonds. The summed E-state index contributed by atoms with van der Waals surface area (Å²) in [5, 5.41) is 18.4. The predicted molar refractivity (Wildman–Crippen MR) is 125 cm³/mol. The second kappa shape index (κ2) is 20.9. The summed E-state index contributed by atoms with van der Waals surface area (Å²) >= 11 is 0. The van der Waals surface area contributed by atoms with Crippen LogP contribution in [0.2, 0.25) is 0 Å². The Labute approximate surface area is 184 Å². The largest absolute Gasteiger partial charge is 0.480 e. The SMILES string of the molecule is CCCCCCCC/C=C\CCCCCCCC(=O)N(CCC)[C@@H](CCO)C(=O)O. The number of aliphatic hydroxyl groups excluding tert-OH is 1. The van der Waals surface area contributed by atoms with Crippen LogP contribution < -0.4 is 0 Å². The molecule has 5 heteroatoms. The van der Waals surface area contributed by atoms with Gasteiger partial charge in [0.25, 0.3) is 0 Å². The minimum Gasteiger partial charge on any atom is -0.480 e. The van der Waals surface area contributed by atoms with Gasteiger partial charge in [-0.2, -0.15) is 0 Å². The topological polar surface area (TPSA) is 77.8 Å². The maximum Gasteiger partial charge on any atom is 0.326 e. The van der Waals surface area contributed by atoms with Gasteiger partial charge in [0, 0.05) is 26.0 Å². The van der Waals surface area contributed by atoms with E-state index in [2.05, 4.69) is 19.1 Å². The number of carbonyl (C=O) groups excluding carboxylic acids is 1. The molecule has 0 radical (unpaired) electrons. The van der Waals surface area contributed by atoms with Gasteiger partial charge in [-0.15, -0.1) is 0 Å². The van der Waals surface area contributed by atoms with Gasteiger partial charge in [0.2, 0.25) is 5.91 Å². The number of hydrogen-bond acceptors (Lipinski definition) is 3. The first-order valence-corrected chi connectivity index (χ1v) is 12.4. The fourth-order valence-corrected chi connectivity index (χ4v) is 3.72. The third-order valence-electron chi connectivity index (χ3n) is 5.50. The molecule has 0 aliphatic carbocycles. The molecule has 0 aromatic carbocycles. The van der Waals surface area contributed by atoms with E-state index >= 15 is 0 Å².